The highest BCUT2D eigenvalue weighted by molar-refractivity contribution is 7.88. The Bertz CT molecular complexity index is 756. The van der Waals surface area contributed by atoms with Gasteiger partial charge in [-0.2, -0.15) is 0 Å². The summed E-state index contributed by atoms with van der Waals surface area (Å²) < 4.78 is 40.8. The van der Waals surface area contributed by atoms with Crippen LogP contribution in [-0.2, 0) is 14.8 Å². The number of amides is 1. The van der Waals surface area contributed by atoms with Crippen LogP contribution in [0.1, 0.15) is 23.2 Å². The Morgan fingerprint density at radius 3 is 2.60 bits per heavy atom. The van der Waals surface area contributed by atoms with Gasteiger partial charge in [-0.15, -0.1) is 0 Å². The average molecular weight is 370 g/mol. The van der Waals surface area contributed by atoms with Crippen LogP contribution < -0.4 is 14.8 Å². The molecule has 8 nitrogen and oxygen atoms in total. The van der Waals surface area contributed by atoms with E-state index in [-0.39, 0.29) is 12.7 Å². The van der Waals surface area contributed by atoms with Gasteiger partial charge >= 0.3 is 0 Å². The Morgan fingerprint density at radius 2 is 1.96 bits per heavy atom. The van der Waals surface area contributed by atoms with Gasteiger partial charge in [0.1, 0.15) is 0 Å². The standard InChI is InChI=1S/C16H22N2O6S/c1-22-16(5-7-18(8-6-16)25(2,20)21)10-17-15(19)12-3-4-13-14(9-12)24-11-23-13/h3-4,9H,5-8,10-11H2,1-2H3,(H,17,19). The minimum atomic E-state index is -3.20. The summed E-state index contributed by atoms with van der Waals surface area (Å²) in [4.78, 5) is 12.4. The fraction of sp³-hybridized carbons (Fsp3) is 0.562. The second-order valence-electron chi connectivity index (χ2n) is 6.30. The van der Waals surface area contributed by atoms with Crippen LogP contribution in [0.4, 0.5) is 0 Å². The molecule has 25 heavy (non-hydrogen) atoms. The van der Waals surface area contributed by atoms with Crippen molar-refractivity contribution in [2.75, 3.05) is 39.8 Å². The SMILES string of the molecule is COC1(CNC(=O)c2ccc3c(c2)OCO3)CCN(S(C)(=O)=O)CC1. The number of hydrogen-bond donors (Lipinski definition) is 1. The fourth-order valence-corrected chi connectivity index (χ4v) is 3.91. The van der Waals surface area contributed by atoms with Gasteiger partial charge in [-0.1, -0.05) is 0 Å². The van der Waals surface area contributed by atoms with Crippen LogP contribution in [0.5, 0.6) is 11.5 Å². The summed E-state index contributed by atoms with van der Waals surface area (Å²) in [5.41, 5.74) is -0.0863. The predicted octanol–water partition coefficient (Wildman–Crippen LogP) is 0.586. The number of sulfonamides is 1. The summed E-state index contributed by atoms with van der Waals surface area (Å²) in [5, 5.41) is 2.88. The molecule has 0 spiro atoms. The van der Waals surface area contributed by atoms with Crippen molar-refractivity contribution in [1.82, 2.24) is 9.62 Å². The van der Waals surface area contributed by atoms with Crippen molar-refractivity contribution in [3.8, 4) is 11.5 Å². The quantitative estimate of drug-likeness (QED) is 0.815. The van der Waals surface area contributed by atoms with Gasteiger partial charge in [0.05, 0.1) is 11.9 Å². The number of ether oxygens (including phenoxy) is 3. The van der Waals surface area contributed by atoms with Crippen molar-refractivity contribution >= 4 is 15.9 Å². The Kier molecular flexibility index (Phi) is 4.90. The van der Waals surface area contributed by atoms with E-state index in [1.165, 1.54) is 10.6 Å². The molecule has 1 aromatic rings. The Labute approximate surface area is 147 Å². The molecule has 1 fully saturated rings. The van der Waals surface area contributed by atoms with E-state index in [0.29, 0.717) is 49.5 Å². The smallest absolute Gasteiger partial charge is 0.251 e. The lowest BCUT2D eigenvalue weighted by molar-refractivity contribution is -0.0424. The lowest BCUT2D eigenvalue weighted by Gasteiger charge is -2.39. The topological polar surface area (TPSA) is 94.2 Å². The van der Waals surface area contributed by atoms with E-state index < -0.39 is 15.6 Å². The molecular weight excluding hydrogens is 348 g/mol. The third kappa shape index (κ3) is 3.88. The minimum Gasteiger partial charge on any atom is -0.454 e. The lowest BCUT2D eigenvalue weighted by atomic mass is 9.92. The molecule has 1 aromatic carbocycles. The van der Waals surface area contributed by atoms with E-state index in [1.54, 1.807) is 25.3 Å². The molecule has 2 aliphatic heterocycles. The normalized spacial score (nSPS) is 19.6. The Morgan fingerprint density at radius 1 is 1.28 bits per heavy atom. The first-order valence-corrected chi connectivity index (χ1v) is 9.86. The van der Waals surface area contributed by atoms with Crippen molar-refractivity contribution in [2.24, 2.45) is 0 Å². The molecule has 0 atom stereocenters. The summed E-state index contributed by atoms with van der Waals surface area (Å²) in [5.74, 6) is 0.939. The van der Waals surface area contributed by atoms with Crippen LogP contribution in [0.2, 0.25) is 0 Å². The number of nitrogens with zero attached hydrogens (tertiary/aromatic N) is 1. The van der Waals surface area contributed by atoms with Crippen molar-refractivity contribution in [3.63, 3.8) is 0 Å². The molecule has 1 amide bonds. The first kappa shape index (κ1) is 18.0. The highest BCUT2D eigenvalue weighted by Gasteiger charge is 2.37. The van der Waals surface area contributed by atoms with E-state index >= 15 is 0 Å². The van der Waals surface area contributed by atoms with E-state index in [9.17, 15) is 13.2 Å². The number of carbonyl (C=O) groups excluding carboxylic acids is 1. The second-order valence-corrected chi connectivity index (χ2v) is 8.28. The van der Waals surface area contributed by atoms with Crippen LogP contribution in [0.15, 0.2) is 18.2 Å². The largest absolute Gasteiger partial charge is 0.454 e. The minimum absolute atomic E-state index is 0.157. The molecule has 0 unspecified atom stereocenters. The van der Waals surface area contributed by atoms with Gasteiger partial charge in [0.25, 0.3) is 5.91 Å². The summed E-state index contributed by atoms with van der Waals surface area (Å²) in [6.07, 6.45) is 2.25. The maximum atomic E-state index is 12.4. The maximum absolute atomic E-state index is 12.4. The molecule has 9 heteroatoms. The van der Waals surface area contributed by atoms with Gasteiger partial charge < -0.3 is 19.5 Å². The highest BCUT2D eigenvalue weighted by Crippen LogP contribution is 2.32. The van der Waals surface area contributed by atoms with Gasteiger partial charge in [0, 0.05) is 32.3 Å². The highest BCUT2D eigenvalue weighted by atomic mass is 32.2. The number of benzene rings is 1. The average Bonchev–Trinajstić information content (AvgIpc) is 3.07. The lowest BCUT2D eigenvalue weighted by Crippen LogP contribution is -2.52. The zero-order chi connectivity index (χ0) is 18.1. The number of piperidine rings is 1. The second kappa shape index (κ2) is 6.81. The monoisotopic (exact) mass is 370 g/mol. The van der Waals surface area contributed by atoms with Gasteiger partial charge in [0.2, 0.25) is 16.8 Å². The molecule has 0 bridgehead atoms. The van der Waals surface area contributed by atoms with Gasteiger partial charge in [-0.05, 0) is 31.0 Å². The zero-order valence-electron chi connectivity index (χ0n) is 14.3. The number of carbonyl (C=O) groups is 1. The molecule has 2 heterocycles. The predicted molar refractivity (Wildman–Crippen MR) is 90.3 cm³/mol. The van der Waals surface area contributed by atoms with Crippen LogP contribution in [0.3, 0.4) is 0 Å². The fourth-order valence-electron chi connectivity index (χ4n) is 3.06. The maximum Gasteiger partial charge on any atom is 0.251 e. The number of nitrogens with one attached hydrogen (secondary N) is 1. The van der Waals surface area contributed by atoms with E-state index in [4.69, 9.17) is 14.2 Å². The summed E-state index contributed by atoms with van der Waals surface area (Å²) in [7, 11) is -1.61. The molecule has 0 radical (unpaired) electrons. The van der Waals surface area contributed by atoms with E-state index in [0.717, 1.165) is 0 Å². The van der Waals surface area contributed by atoms with Crippen molar-refractivity contribution in [2.45, 2.75) is 18.4 Å². The molecule has 0 saturated carbocycles. The number of rotatable bonds is 5. The molecule has 1 N–H and O–H groups in total. The van der Waals surface area contributed by atoms with E-state index in [2.05, 4.69) is 5.32 Å². The molecule has 2 aliphatic rings. The molecule has 1 saturated heterocycles. The first-order chi connectivity index (χ1) is 11.8. The van der Waals surface area contributed by atoms with Crippen molar-refractivity contribution in [1.29, 1.82) is 0 Å². The van der Waals surface area contributed by atoms with Crippen LogP contribution in [0.25, 0.3) is 0 Å². The van der Waals surface area contributed by atoms with Gasteiger partial charge in [-0.3, -0.25) is 4.79 Å². The molecule has 0 aromatic heterocycles. The van der Waals surface area contributed by atoms with Gasteiger partial charge in [0.15, 0.2) is 11.5 Å². The number of methoxy groups -OCH3 is 1. The Balaban J connectivity index is 1.61. The van der Waals surface area contributed by atoms with Crippen LogP contribution in [-0.4, -0.2) is 64.0 Å². The van der Waals surface area contributed by atoms with E-state index in [1.807, 2.05) is 0 Å². The molecule has 0 aliphatic carbocycles. The van der Waals surface area contributed by atoms with Crippen LogP contribution >= 0.6 is 0 Å². The van der Waals surface area contributed by atoms with Crippen LogP contribution in [0, 0.1) is 0 Å². The third-order valence-electron chi connectivity index (χ3n) is 4.74. The first-order valence-electron chi connectivity index (χ1n) is 8.01. The van der Waals surface area contributed by atoms with Crippen molar-refractivity contribution < 1.29 is 27.4 Å². The number of hydrogen-bond acceptors (Lipinski definition) is 6. The summed E-state index contributed by atoms with van der Waals surface area (Å²) in [6, 6.07) is 5.02. The van der Waals surface area contributed by atoms with Gasteiger partial charge in [-0.25, -0.2) is 12.7 Å². The molecule has 3 rings (SSSR count). The molecular formula is C16H22N2O6S. The third-order valence-corrected chi connectivity index (χ3v) is 6.04. The summed E-state index contributed by atoms with van der Waals surface area (Å²) >= 11 is 0. The Hall–Kier alpha value is -1.84. The number of fused-ring (bicyclic) bond motifs is 1. The summed E-state index contributed by atoms with van der Waals surface area (Å²) in [6.45, 7) is 1.23. The van der Waals surface area contributed by atoms with Crippen molar-refractivity contribution in [3.05, 3.63) is 23.8 Å². The molecule has 138 valence electrons. The zero-order valence-corrected chi connectivity index (χ0v) is 15.1.